The van der Waals surface area contributed by atoms with Crippen molar-refractivity contribution in [2.24, 2.45) is 0 Å². The van der Waals surface area contributed by atoms with Crippen LogP contribution in [-0.2, 0) is 4.74 Å². The highest BCUT2D eigenvalue weighted by atomic mass is 16.5. The predicted octanol–water partition coefficient (Wildman–Crippen LogP) is 1.19. The second kappa shape index (κ2) is 8.32. The number of hydrogen-bond acceptors (Lipinski definition) is 2. The molecular weight excluding hydrogens is 150 g/mol. The molecule has 0 saturated carbocycles. The first-order valence-electron chi connectivity index (χ1n) is 4.13. The molecule has 0 atom stereocenters. The van der Waals surface area contributed by atoms with Gasteiger partial charge in [0.15, 0.2) is 0 Å². The molecule has 0 heterocycles. The van der Waals surface area contributed by atoms with Crippen LogP contribution < -0.4 is 5.32 Å². The predicted molar refractivity (Wildman–Crippen MR) is 52.0 cm³/mol. The van der Waals surface area contributed by atoms with Gasteiger partial charge in [-0.25, -0.2) is 0 Å². The van der Waals surface area contributed by atoms with Crippen molar-refractivity contribution in [1.82, 2.24) is 5.32 Å². The molecule has 0 radical (unpaired) electrons. The Balaban J connectivity index is 2.92. The van der Waals surface area contributed by atoms with E-state index in [0.717, 1.165) is 31.8 Å². The van der Waals surface area contributed by atoms with Gasteiger partial charge >= 0.3 is 0 Å². The Morgan fingerprint density at radius 3 is 2.92 bits per heavy atom. The van der Waals surface area contributed by atoms with Gasteiger partial charge in [0.1, 0.15) is 0 Å². The molecule has 0 aliphatic carbocycles. The third kappa shape index (κ3) is 9.22. The number of terminal acetylenes is 1. The van der Waals surface area contributed by atoms with E-state index in [1.807, 2.05) is 6.92 Å². The highest BCUT2D eigenvalue weighted by Crippen LogP contribution is 1.94. The van der Waals surface area contributed by atoms with Gasteiger partial charge in [0.05, 0.1) is 19.8 Å². The Hall–Kier alpha value is -0.780. The van der Waals surface area contributed by atoms with Crippen LogP contribution in [0.3, 0.4) is 0 Å². The molecule has 68 valence electrons. The SMILES string of the molecule is C#CCNCCOCCC(=C)C. The summed E-state index contributed by atoms with van der Waals surface area (Å²) in [6.07, 6.45) is 5.98. The molecule has 0 saturated heterocycles. The van der Waals surface area contributed by atoms with Crippen molar-refractivity contribution >= 4 is 0 Å². The molecule has 0 aromatic rings. The Bertz CT molecular complexity index is 158. The zero-order chi connectivity index (χ0) is 9.23. The first-order chi connectivity index (χ1) is 5.77. The van der Waals surface area contributed by atoms with Gasteiger partial charge in [-0.05, 0) is 13.3 Å². The van der Waals surface area contributed by atoms with Crippen molar-refractivity contribution in [3.05, 3.63) is 12.2 Å². The molecule has 0 aromatic carbocycles. The van der Waals surface area contributed by atoms with Crippen LogP contribution in [0.5, 0.6) is 0 Å². The van der Waals surface area contributed by atoms with Gasteiger partial charge in [0.2, 0.25) is 0 Å². The van der Waals surface area contributed by atoms with Crippen molar-refractivity contribution in [3.8, 4) is 12.3 Å². The third-order valence-corrected chi connectivity index (χ3v) is 1.32. The summed E-state index contributed by atoms with van der Waals surface area (Å²) in [5, 5.41) is 3.04. The zero-order valence-corrected chi connectivity index (χ0v) is 7.73. The lowest BCUT2D eigenvalue weighted by Gasteiger charge is -2.03. The van der Waals surface area contributed by atoms with E-state index in [4.69, 9.17) is 11.2 Å². The molecule has 0 unspecified atom stereocenters. The maximum atomic E-state index is 5.30. The summed E-state index contributed by atoms with van der Waals surface area (Å²) in [5.74, 6) is 2.50. The van der Waals surface area contributed by atoms with Crippen LogP contribution in [0.4, 0.5) is 0 Å². The summed E-state index contributed by atoms with van der Waals surface area (Å²) in [7, 11) is 0. The number of rotatable bonds is 7. The zero-order valence-electron chi connectivity index (χ0n) is 7.73. The first kappa shape index (κ1) is 11.2. The normalized spacial score (nSPS) is 9.33. The van der Waals surface area contributed by atoms with Crippen molar-refractivity contribution in [3.63, 3.8) is 0 Å². The lowest BCUT2D eigenvalue weighted by Crippen LogP contribution is -2.20. The molecule has 0 aromatic heterocycles. The summed E-state index contributed by atoms with van der Waals surface area (Å²) in [6.45, 7) is 8.69. The Labute approximate surface area is 75.0 Å². The Morgan fingerprint density at radius 2 is 2.33 bits per heavy atom. The van der Waals surface area contributed by atoms with Gasteiger partial charge in [-0.2, -0.15) is 0 Å². The fourth-order valence-corrected chi connectivity index (χ4v) is 0.653. The van der Waals surface area contributed by atoms with Gasteiger partial charge in [-0.1, -0.05) is 11.5 Å². The Morgan fingerprint density at radius 1 is 1.58 bits per heavy atom. The van der Waals surface area contributed by atoms with Crippen LogP contribution in [0.1, 0.15) is 13.3 Å². The highest BCUT2D eigenvalue weighted by Gasteiger charge is 1.88. The van der Waals surface area contributed by atoms with E-state index in [1.165, 1.54) is 0 Å². The van der Waals surface area contributed by atoms with Crippen LogP contribution in [0.25, 0.3) is 0 Å². The van der Waals surface area contributed by atoms with Crippen LogP contribution in [0, 0.1) is 12.3 Å². The van der Waals surface area contributed by atoms with E-state index >= 15 is 0 Å². The first-order valence-corrected chi connectivity index (χ1v) is 4.13. The van der Waals surface area contributed by atoms with Gasteiger partial charge in [0, 0.05) is 6.54 Å². The summed E-state index contributed by atoms with van der Waals surface area (Å²) >= 11 is 0. The van der Waals surface area contributed by atoms with Gasteiger partial charge in [-0.15, -0.1) is 13.0 Å². The molecule has 0 bridgehead atoms. The maximum absolute atomic E-state index is 5.30. The molecule has 0 rings (SSSR count). The molecule has 2 heteroatoms. The lowest BCUT2D eigenvalue weighted by atomic mass is 10.3. The lowest BCUT2D eigenvalue weighted by molar-refractivity contribution is 0.140. The van der Waals surface area contributed by atoms with Crippen LogP contribution in [0.2, 0.25) is 0 Å². The molecule has 0 aliphatic rings. The highest BCUT2D eigenvalue weighted by molar-refractivity contribution is 4.87. The van der Waals surface area contributed by atoms with Gasteiger partial charge in [-0.3, -0.25) is 0 Å². The van der Waals surface area contributed by atoms with Crippen molar-refractivity contribution in [2.75, 3.05) is 26.3 Å². The third-order valence-electron chi connectivity index (χ3n) is 1.32. The maximum Gasteiger partial charge on any atom is 0.0591 e. The largest absolute Gasteiger partial charge is 0.380 e. The summed E-state index contributed by atoms with van der Waals surface area (Å²) in [4.78, 5) is 0. The van der Waals surface area contributed by atoms with E-state index < -0.39 is 0 Å². The number of hydrogen-bond donors (Lipinski definition) is 1. The Kier molecular flexibility index (Phi) is 7.78. The van der Waals surface area contributed by atoms with E-state index in [2.05, 4.69) is 17.8 Å². The summed E-state index contributed by atoms with van der Waals surface area (Å²) in [6, 6.07) is 0. The van der Waals surface area contributed by atoms with Gasteiger partial charge in [0.25, 0.3) is 0 Å². The fourth-order valence-electron chi connectivity index (χ4n) is 0.653. The minimum absolute atomic E-state index is 0.615. The topological polar surface area (TPSA) is 21.3 Å². The molecule has 2 nitrogen and oxygen atoms in total. The van der Waals surface area contributed by atoms with E-state index in [0.29, 0.717) is 6.54 Å². The average Bonchev–Trinajstić information content (AvgIpc) is 2.02. The average molecular weight is 167 g/mol. The minimum Gasteiger partial charge on any atom is -0.380 e. The molecule has 0 aliphatic heterocycles. The molecule has 0 spiro atoms. The monoisotopic (exact) mass is 167 g/mol. The van der Waals surface area contributed by atoms with Crippen molar-refractivity contribution < 1.29 is 4.74 Å². The van der Waals surface area contributed by atoms with Crippen LogP contribution in [-0.4, -0.2) is 26.3 Å². The molecule has 0 amide bonds. The molecule has 0 fully saturated rings. The van der Waals surface area contributed by atoms with Crippen LogP contribution >= 0.6 is 0 Å². The second-order valence-corrected chi connectivity index (χ2v) is 2.70. The number of nitrogens with one attached hydrogen (secondary N) is 1. The minimum atomic E-state index is 0.615. The van der Waals surface area contributed by atoms with Crippen molar-refractivity contribution in [1.29, 1.82) is 0 Å². The second-order valence-electron chi connectivity index (χ2n) is 2.70. The quantitative estimate of drug-likeness (QED) is 0.349. The van der Waals surface area contributed by atoms with Crippen molar-refractivity contribution in [2.45, 2.75) is 13.3 Å². The molecular formula is C10H17NO. The van der Waals surface area contributed by atoms with Crippen LogP contribution in [0.15, 0.2) is 12.2 Å². The van der Waals surface area contributed by atoms with E-state index in [9.17, 15) is 0 Å². The van der Waals surface area contributed by atoms with E-state index in [-0.39, 0.29) is 0 Å². The molecule has 1 N–H and O–H groups in total. The van der Waals surface area contributed by atoms with Gasteiger partial charge < -0.3 is 10.1 Å². The smallest absolute Gasteiger partial charge is 0.0591 e. The number of ether oxygens (including phenoxy) is 1. The fraction of sp³-hybridized carbons (Fsp3) is 0.600. The molecule has 12 heavy (non-hydrogen) atoms. The standard InChI is InChI=1S/C10H17NO/c1-4-6-11-7-9-12-8-5-10(2)3/h1,11H,2,5-9H2,3H3. The summed E-state index contributed by atoms with van der Waals surface area (Å²) < 4.78 is 5.30. The van der Waals surface area contributed by atoms with E-state index in [1.54, 1.807) is 0 Å². The summed E-state index contributed by atoms with van der Waals surface area (Å²) in [5.41, 5.74) is 1.16.